The Labute approximate surface area is 197 Å². The maximum atomic E-state index is 13.2. The van der Waals surface area contributed by atoms with Gasteiger partial charge in [-0.3, -0.25) is 9.59 Å². The van der Waals surface area contributed by atoms with E-state index >= 15 is 0 Å². The highest BCUT2D eigenvalue weighted by molar-refractivity contribution is 6.46. The summed E-state index contributed by atoms with van der Waals surface area (Å²) in [4.78, 5) is 27.9. The molecule has 1 fully saturated rings. The van der Waals surface area contributed by atoms with Crippen molar-refractivity contribution >= 4 is 17.4 Å². The molecule has 0 bridgehead atoms. The normalized spacial score (nSPS) is 17.0. The number of carbonyl (C=O) groups is 2. The number of methoxy groups -OCH3 is 3. The van der Waals surface area contributed by atoms with Gasteiger partial charge in [-0.15, -0.1) is 0 Å². The van der Waals surface area contributed by atoms with E-state index in [0.717, 1.165) is 5.56 Å². The van der Waals surface area contributed by atoms with Crippen LogP contribution in [0, 0.1) is 0 Å². The highest BCUT2D eigenvalue weighted by Gasteiger charge is 2.46. The van der Waals surface area contributed by atoms with Crippen LogP contribution in [0.4, 0.5) is 0 Å². The molecule has 7 heteroatoms. The van der Waals surface area contributed by atoms with Crippen molar-refractivity contribution in [3.63, 3.8) is 0 Å². The first kappa shape index (κ1) is 22.9. The zero-order chi connectivity index (χ0) is 24.2. The van der Waals surface area contributed by atoms with Crippen LogP contribution < -0.4 is 14.2 Å². The molecule has 1 unspecified atom stereocenters. The van der Waals surface area contributed by atoms with Crippen molar-refractivity contribution in [3.05, 3.63) is 95.1 Å². The van der Waals surface area contributed by atoms with E-state index in [-0.39, 0.29) is 17.9 Å². The quantitative estimate of drug-likeness (QED) is 0.322. The summed E-state index contributed by atoms with van der Waals surface area (Å²) in [5.74, 6) is -0.229. The average Bonchev–Trinajstić information content (AvgIpc) is 3.13. The minimum Gasteiger partial charge on any atom is -0.507 e. The lowest BCUT2D eigenvalue weighted by atomic mass is 9.94. The van der Waals surface area contributed by atoms with E-state index in [4.69, 9.17) is 14.2 Å². The Morgan fingerprint density at radius 2 is 1.59 bits per heavy atom. The molecule has 0 aliphatic carbocycles. The van der Waals surface area contributed by atoms with Gasteiger partial charge in [0, 0.05) is 12.1 Å². The molecule has 7 nitrogen and oxygen atoms in total. The van der Waals surface area contributed by atoms with Gasteiger partial charge in [-0.1, -0.05) is 48.5 Å². The molecule has 1 N–H and O–H groups in total. The van der Waals surface area contributed by atoms with Crippen LogP contribution in [0.15, 0.2) is 78.4 Å². The number of ketones is 1. The smallest absolute Gasteiger partial charge is 0.295 e. The number of nitrogens with zero attached hydrogens (tertiary/aromatic N) is 1. The molecule has 1 atom stereocenters. The van der Waals surface area contributed by atoms with E-state index in [0.29, 0.717) is 28.4 Å². The van der Waals surface area contributed by atoms with Crippen molar-refractivity contribution in [2.24, 2.45) is 0 Å². The maximum Gasteiger partial charge on any atom is 0.295 e. The Morgan fingerprint density at radius 1 is 0.853 bits per heavy atom. The number of likely N-dealkylation sites (tertiary alicyclic amines) is 1. The highest BCUT2D eigenvalue weighted by atomic mass is 16.5. The van der Waals surface area contributed by atoms with Gasteiger partial charge in [0.25, 0.3) is 11.7 Å². The number of Topliss-reactive ketones (excluding diaryl/α,β-unsaturated/α-hetero) is 1. The molecule has 0 saturated carbocycles. The molecule has 1 amide bonds. The zero-order valence-electron chi connectivity index (χ0n) is 19.1. The number of hydrogen-bond donors (Lipinski definition) is 1. The van der Waals surface area contributed by atoms with Crippen molar-refractivity contribution in [1.82, 2.24) is 4.90 Å². The second-order valence-corrected chi connectivity index (χ2v) is 7.76. The van der Waals surface area contributed by atoms with Crippen molar-refractivity contribution in [2.75, 3.05) is 21.3 Å². The largest absolute Gasteiger partial charge is 0.507 e. The summed E-state index contributed by atoms with van der Waals surface area (Å²) in [6.45, 7) is 0.194. The number of aliphatic hydroxyl groups is 1. The van der Waals surface area contributed by atoms with Crippen LogP contribution in [0.2, 0.25) is 0 Å². The van der Waals surface area contributed by atoms with E-state index < -0.39 is 17.7 Å². The van der Waals surface area contributed by atoms with Gasteiger partial charge in [-0.2, -0.15) is 0 Å². The van der Waals surface area contributed by atoms with Gasteiger partial charge in [0.05, 0.1) is 32.9 Å². The second kappa shape index (κ2) is 9.70. The van der Waals surface area contributed by atoms with Gasteiger partial charge in [-0.25, -0.2) is 0 Å². The van der Waals surface area contributed by atoms with Gasteiger partial charge in [0.1, 0.15) is 11.5 Å². The van der Waals surface area contributed by atoms with Crippen molar-refractivity contribution in [3.8, 4) is 17.2 Å². The molecule has 3 aromatic carbocycles. The van der Waals surface area contributed by atoms with E-state index in [2.05, 4.69) is 0 Å². The lowest BCUT2D eigenvalue weighted by molar-refractivity contribution is -0.140. The number of benzene rings is 3. The predicted molar refractivity (Wildman–Crippen MR) is 127 cm³/mol. The van der Waals surface area contributed by atoms with Crippen molar-refractivity contribution in [2.45, 2.75) is 12.6 Å². The summed E-state index contributed by atoms with van der Waals surface area (Å²) in [6.07, 6.45) is 0. The summed E-state index contributed by atoms with van der Waals surface area (Å²) in [5, 5.41) is 11.2. The van der Waals surface area contributed by atoms with E-state index in [1.807, 2.05) is 30.3 Å². The van der Waals surface area contributed by atoms with Gasteiger partial charge < -0.3 is 24.2 Å². The molecule has 0 radical (unpaired) electrons. The Hall–Kier alpha value is -4.26. The fourth-order valence-corrected chi connectivity index (χ4v) is 4.12. The molecule has 4 rings (SSSR count). The van der Waals surface area contributed by atoms with Crippen LogP contribution >= 0.6 is 0 Å². The molecule has 1 heterocycles. The number of hydrogen-bond acceptors (Lipinski definition) is 6. The lowest BCUT2D eigenvalue weighted by Gasteiger charge is -2.26. The molecule has 174 valence electrons. The summed E-state index contributed by atoms with van der Waals surface area (Å²) < 4.78 is 16.0. The number of ether oxygens (including phenoxy) is 3. The van der Waals surface area contributed by atoms with E-state index in [9.17, 15) is 14.7 Å². The van der Waals surface area contributed by atoms with Crippen LogP contribution in [-0.2, 0) is 16.1 Å². The molecule has 0 aromatic heterocycles. The summed E-state index contributed by atoms with van der Waals surface area (Å²) in [7, 11) is 4.56. The maximum absolute atomic E-state index is 13.2. The van der Waals surface area contributed by atoms with Gasteiger partial charge in [0.2, 0.25) is 0 Å². The summed E-state index contributed by atoms with van der Waals surface area (Å²) >= 11 is 0. The third-order valence-electron chi connectivity index (χ3n) is 5.80. The average molecular weight is 459 g/mol. The number of amides is 1. The Balaban J connectivity index is 1.90. The third kappa shape index (κ3) is 4.20. The van der Waals surface area contributed by atoms with E-state index in [1.165, 1.54) is 26.2 Å². The first-order valence-corrected chi connectivity index (χ1v) is 10.7. The molecule has 34 heavy (non-hydrogen) atoms. The van der Waals surface area contributed by atoms with Gasteiger partial charge in [-0.05, 0) is 35.4 Å². The van der Waals surface area contributed by atoms with Crippen LogP contribution in [0.25, 0.3) is 5.76 Å². The first-order chi connectivity index (χ1) is 16.5. The Kier molecular flexibility index (Phi) is 6.54. The third-order valence-corrected chi connectivity index (χ3v) is 5.80. The standard InChI is InChI=1S/C27H25NO6/c1-32-20-11-7-10-19(14-20)25(29)23-24(18-12-13-21(33-2)22(15-18)34-3)28(27(31)26(23)30)16-17-8-5-4-6-9-17/h4-15,24,29H,16H2,1-3H3. The van der Waals surface area contributed by atoms with Gasteiger partial charge >= 0.3 is 0 Å². The zero-order valence-corrected chi connectivity index (χ0v) is 19.1. The molecule has 1 aliphatic rings. The molecule has 3 aromatic rings. The van der Waals surface area contributed by atoms with Crippen molar-refractivity contribution < 1.29 is 28.9 Å². The summed E-state index contributed by atoms with van der Waals surface area (Å²) in [5.41, 5.74) is 1.84. The molecular formula is C27H25NO6. The van der Waals surface area contributed by atoms with Crippen LogP contribution in [0.1, 0.15) is 22.7 Å². The number of rotatable bonds is 7. The lowest BCUT2D eigenvalue weighted by Crippen LogP contribution is -2.29. The topological polar surface area (TPSA) is 85.3 Å². The minimum absolute atomic E-state index is 0.00130. The van der Waals surface area contributed by atoms with E-state index in [1.54, 1.807) is 42.5 Å². The van der Waals surface area contributed by atoms with Crippen LogP contribution in [0.5, 0.6) is 17.2 Å². The van der Waals surface area contributed by atoms with Gasteiger partial charge in [0.15, 0.2) is 11.5 Å². The first-order valence-electron chi connectivity index (χ1n) is 10.7. The fraction of sp³-hybridized carbons (Fsp3) is 0.185. The fourth-order valence-electron chi connectivity index (χ4n) is 4.12. The number of carbonyl (C=O) groups excluding carboxylic acids is 2. The highest BCUT2D eigenvalue weighted by Crippen LogP contribution is 2.42. The molecular weight excluding hydrogens is 434 g/mol. The second-order valence-electron chi connectivity index (χ2n) is 7.76. The molecule has 0 spiro atoms. The Bertz CT molecular complexity index is 1250. The molecule has 1 aliphatic heterocycles. The Morgan fingerprint density at radius 3 is 2.26 bits per heavy atom. The van der Waals surface area contributed by atoms with Crippen LogP contribution in [-0.4, -0.2) is 43.0 Å². The summed E-state index contributed by atoms with van der Waals surface area (Å²) in [6, 6.07) is 20.5. The SMILES string of the molecule is COc1cccc(C(O)=C2C(=O)C(=O)N(Cc3ccccc3)C2c2ccc(OC)c(OC)c2)c1. The molecule has 1 saturated heterocycles. The van der Waals surface area contributed by atoms with Crippen LogP contribution in [0.3, 0.4) is 0 Å². The van der Waals surface area contributed by atoms with Crippen molar-refractivity contribution in [1.29, 1.82) is 0 Å². The minimum atomic E-state index is -0.828. The monoisotopic (exact) mass is 459 g/mol. The number of aliphatic hydroxyl groups excluding tert-OH is 1. The predicted octanol–water partition coefficient (Wildman–Crippen LogP) is 4.33.